The normalized spacial score (nSPS) is 9.86. The van der Waals surface area contributed by atoms with Crippen molar-refractivity contribution in [1.82, 2.24) is 9.80 Å². The topological polar surface area (TPSA) is 70.1 Å². The van der Waals surface area contributed by atoms with Gasteiger partial charge >= 0.3 is 6.03 Å². The van der Waals surface area contributed by atoms with E-state index in [0.29, 0.717) is 19.4 Å². The SMILES string of the molecule is C/C=N\C(=O)N(C=O)CCN(C)C=O. The summed E-state index contributed by atoms with van der Waals surface area (Å²) in [7, 11) is 1.56. The highest BCUT2D eigenvalue weighted by Crippen LogP contribution is 1.90. The average molecular weight is 199 g/mol. The molecule has 6 nitrogen and oxygen atoms in total. The first-order valence-corrected chi connectivity index (χ1v) is 4.05. The van der Waals surface area contributed by atoms with Gasteiger partial charge in [0.1, 0.15) is 0 Å². The molecule has 0 bridgehead atoms. The molecule has 0 fully saturated rings. The minimum atomic E-state index is -0.623. The van der Waals surface area contributed by atoms with Gasteiger partial charge in [0.2, 0.25) is 12.8 Å². The highest BCUT2D eigenvalue weighted by atomic mass is 16.2. The number of urea groups is 1. The Morgan fingerprint density at radius 3 is 2.36 bits per heavy atom. The lowest BCUT2D eigenvalue weighted by Gasteiger charge is -2.15. The van der Waals surface area contributed by atoms with Crippen molar-refractivity contribution in [3.05, 3.63) is 0 Å². The van der Waals surface area contributed by atoms with E-state index in [0.717, 1.165) is 4.90 Å². The number of amides is 4. The van der Waals surface area contributed by atoms with Crippen molar-refractivity contribution in [2.45, 2.75) is 6.92 Å². The molecule has 0 aromatic rings. The molecule has 0 aromatic carbocycles. The zero-order chi connectivity index (χ0) is 11.0. The quantitative estimate of drug-likeness (QED) is 0.452. The molecule has 0 unspecified atom stereocenters. The summed E-state index contributed by atoms with van der Waals surface area (Å²) >= 11 is 0. The maximum Gasteiger partial charge on any atom is 0.349 e. The van der Waals surface area contributed by atoms with Crippen molar-refractivity contribution < 1.29 is 14.4 Å². The molecule has 0 saturated carbocycles. The largest absolute Gasteiger partial charge is 0.349 e. The third-order valence-electron chi connectivity index (χ3n) is 1.49. The van der Waals surface area contributed by atoms with Crippen LogP contribution in [-0.4, -0.2) is 55.0 Å². The fourth-order valence-corrected chi connectivity index (χ4v) is 0.696. The van der Waals surface area contributed by atoms with Crippen LogP contribution < -0.4 is 0 Å². The second-order valence-corrected chi connectivity index (χ2v) is 2.55. The van der Waals surface area contributed by atoms with Crippen molar-refractivity contribution >= 4 is 25.1 Å². The van der Waals surface area contributed by atoms with E-state index >= 15 is 0 Å². The Kier molecular flexibility index (Phi) is 5.93. The Hall–Kier alpha value is -1.72. The lowest BCUT2D eigenvalue weighted by atomic mass is 10.5. The molecule has 0 aliphatic carbocycles. The smallest absolute Gasteiger partial charge is 0.347 e. The number of rotatable bonds is 5. The Morgan fingerprint density at radius 2 is 1.93 bits per heavy atom. The first-order valence-electron chi connectivity index (χ1n) is 4.05. The van der Waals surface area contributed by atoms with Crippen LogP contribution in [0.1, 0.15) is 6.92 Å². The number of imide groups is 1. The molecule has 78 valence electrons. The zero-order valence-corrected chi connectivity index (χ0v) is 8.21. The molecule has 0 aliphatic heterocycles. The van der Waals surface area contributed by atoms with Crippen LogP contribution in [0.25, 0.3) is 0 Å². The van der Waals surface area contributed by atoms with E-state index in [4.69, 9.17) is 0 Å². The summed E-state index contributed by atoms with van der Waals surface area (Å²) in [6, 6.07) is -0.623. The Morgan fingerprint density at radius 1 is 1.29 bits per heavy atom. The monoisotopic (exact) mass is 199 g/mol. The van der Waals surface area contributed by atoms with Gasteiger partial charge in [0.25, 0.3) is 0 Å². The summed E-state index contributed by atoms with van der Waals surface area (Å²) in [5.41, 5.74) is 0. The summed E-state index contributed by atoms with van der Waals surface area (Å²) in [4.78, 5) is 37.4. The fraction of sp³-hybridized carbons (Fsp3) is 0.500. The average Bonchev–Trinajstić information content (AvgIpc) is 2.18. The second-order valence-electron chi connectivity index (χ2n) is 2.55. The molecule has 14 heavy (non-hydrogen) atoms. The van der Waals surface area contributed by atoms with Gasteiger partial charge < -0.3 is 4.90 Å². The van der Waals surface area contributed by atoms with E-state index in [1.54, 1.807) is 14.0 Å². The van der Waals surface area contributed by atoms with Crippen LogP contribution in [0.3, 0.4) is 0 Å². The summed E-state index contributed by atoms with van der Waals surface area (Å²) in [6.45, 7) is 2.03. The predicted octanol–water partition coefficient (Wildman–Crippen LogP) is -0.256. The lowest BCUT2D eigenvalue weighted by Crippen LogP contribution is -2.34. The molecule has 0 N–H and O–H groups in total. The second kappa shape index (κ2) is 6.76. The molecule has 0 aromatic heterocycles. The molecular weight excluding hydrogens is 186 g/mol. The standard InChI is InChI=1S/C8H13N3O3/c1-3-9-8(14)11(7-13)5-4-10(2)6-12/h3,6-7H,4-5H2,1-2H3/b9-3-. The molecule has 0 saturated heterocycles. The van der Waals surface area contributed by atoms with Crippen LogP contribution in [0.15, 0.2) is 4.99 Å². The number of aliphatic imine (C=N–C) groups is 1. The molecule has 6 heteroatoms. The van der Waals surface area contributed by atoms with E-state index in [1.807, 2.05) is 0 Å². The van der Waals surface area contributed by atoms with Gasteiger partial charge in [0.05, 0.1) is 0 Å². The van der Waals surface area contributed by atoms with Crippen molar-refractivity contribution in [3.63, 3.8) is 0 Å². The number of carbonyl (C=O) groups excluding carboxylic acids is 3. The third kappa shape index (κ3) is 4.34. The molecule has 4 amide bonds. The minimum absolute atomic E-state index is 0.148. The van der Waals surface area contributed by atoms with E-state index in [1.165, 1.54) is 11.1 Å². The van der Waals surface area contributed by atoms with Gasteiger partial charge in [-0.1, -0.05) is 0 Å². The van der Waals surface area contributed by atoms with Gasteiger partial charge in [-0.25, -0.2) is 9.79 Å². The Balaban J connectivity index is 4.09. The van der Waals surface area contributed by atoms with Crippen LogP contribution in [0.4, 0.5) is 4.79 Å². The zero-order valence-electron chi connectivity index (χ0n) is 8.21. The van der Waals surface area contributed by atoms with Crippen LogP contribution >= 0.6 is 0 Å². The van der Waals surface area contributed by atoms with Gasteiger partial charge in [-0.05, 0) is 6.92 Å². The van der Waals surface area contributed by atoms with Crippen molar-refractivity contribution in [2.75, 3.05) is 20.1 Å². The number of nitrogens with zero attached hydrogens (tertiary/aromatic N) is 3. The van der Waals surface area contributed by atoms with E-state index in [-0.39, 0.29) is 6.54 Å². The van der Waals surface area contributed by atoms with Gasteiger partial charge in [-0.2, -0.15) is 0 Å². The fourth-order valence-electron chi connectivity index (χ4n) is 0.696. The first-order chi connectivity index (χ1) is 6.65. The lowest BCUT2D eigenvalue weighted by molar-refractivity contribution is -0.119. The van der Waals surface area contributed by atoms with Gasteiger partial charge in [0, 0.05) is 26.4 Å². The number of hydrogen-bond acceptors (Lipinski definition) is 3. The predicted molar refractivity (Wildman–Crippen MR) is 51.0 cm³/mol. The van der Waals surface area contributed by atoms with Crippen LogP contribution in [-0.2, 0) is 9.59 Å². The summed E-state index contributed by atoms with van der Waals surface area (Å²) in [5.74, 6) is 0. The van der Waals surface area contributed by atoms with Gasteiger partial charge in [-0.15, -0.1) is 0 Å². The molecule has 0 atom stereocenters. The Labute approximate surface area is 82.2 Å². The highest BCUT2D eigenvalue weighted by Gasteiger charge is 2.10. The van der Waals surface area contributed by atoms with Gasteiger partial charge in [-0.3, -0.25) is 14.5 Å². The van der Waals surface area contributed by atoms with Crippen LogP contribution in [0.2, 0.25) is 0 Å². The molecule has 0 spiro atoms. The number of hydrogen-bond donors (Lipinski definition) is 0. The summed E-state index contributed by atoms with van der Waals surface area (Å²) < 4.78 is 0. The van der Waals surface area contributed by atoms with Gasteiger partial charge in [0.15, 0.2) is 0 Å². The molecular formula is C8H13N3O3. The van der Waals surface area contributed by atoms with Crippen LogP contribution in [0, 0.1) is 0 Å². The summed E-state index contributed by atoms with van der Waals surface area (Å²) in [5, 5.41) is 0. The molecule has 0 radical (unpaired) electrons. The highest BCUT2D eigenvalue weighted by molar-refractivity contribution is 5.89. The van der Waals surface area contributed by atoms with E-state index in [2.05, 4.69) is 4.99 Å². The maximum absolute atomic E-state index is 11.1. The Bertz CT molecular complexity index is 240. The molecule has 0 heterocycles. The summed E-state index contributed by atoms with van der Waals surface area (Å²) in [6.07, 6.45) is 2.33. The van der Waals surface area contributed by atoms with Crippen LogP contribution in [0.5, 0.6) is 0 Å². The number of likely N-dealkylation sites (N-methyl/N-ethyl adjacent to an activating group) is 1. The maximum atomic E-state index is 11.1. The van der Waals surface area contributed by atoms with E-state index in [9.17, 15) is 14.4 Å². The first kappa shape index (κ1) is 12.3. The molecule has 0 rings (SSSR count). The van der Waals surface area contributed by atoms with Crippen molar-refractivity contribution in [3.8, 4) is 0 Å². The van der Waals surface area contributed by atoms with Crippen molar-refractivity contribution in [1.29, 1.82) is 0 Å². The van der Waals surface area contributed by atoms with Crippen molar-refractivity contribution in [2.24, 2.45) is 4.99 Å². The number of carbonyl (C=O) groups is 3. The minimum Gasteiger partial charge on any atom is -0.347 e. The third-order valence-corrected chi connectivity index (χ3v) is 1.49. The molecule has 0 aliphatic rings. The van der Waals surface area contributed by atoms with E-state index < -0.39 is 6.03 Å².